The first kappa shape index (κ1) is 20.1. The van der Waals surface area contributed by atoms with Crippen molar-refractivity contribution in [1.82, 2.24) is 9.88 Å². The van der Waals surface area contributed by atoms with Gasteiger partial charge in [0, 0.05) is 22.3 Å². The van der Waals surface area contributed by atoms with Crippen molar-refractivity contribution in [3.63, 3.8) is 0 Å². The van der Waals surface area contributed by atoms with Crippen LogP contribution in [0.2, 0.25) is 0 Å². The van der Waals surface area contributed by atoms with Gasteiger partial charge in [0.05, 0.1) is 24.1 Å². The molecule has 0 bridgehead atoms. The summed E-state index contributed by atoms with van der Waals surface area (Å²) >= 11 is 1.49. The second-order valence-electron chi connectivity index (χ2n) is 7.41. The number of carbonyl (C=O) groups excluding carboxylic acids is 1. The van der Waals surface area contributed by atoms with Gasteiger partial charge in [0.15, 0.2) is 0 Å². The average Bonchev–Trinajstić information content (AvgIpc) is 3.00. The largest absolute Gasteiger partial charge is 0.497 e. The number of carbonyl (C=O) groups is 1. The average molecular weight is 399 g/mol. The maximum Gasteiger partial charge on any atom is 0.260 e. The molecule has 0 radical (unpaired) electrons. The van der Waals surface area contributed by atoms with Crippen LogP contribution in [0.25, 0.3) is 10.1 Å². The van der Waals surface area contributed by atoms with Gasteiger partial charge in [-0.15, -0.1) is 11.3 Å². The number of nitrogens with zero attached hydrogens (tertiary/aromatic N) is 1. The molecule has 28 heavy (non-hydrogen) atoms. The van der Waals surface area contributed by atoms with E-state index in [0.717, 1.165) is 20.9 Å². The molecule has 3 rings (SSSR count). The van der Waals surface area contributed by atoms with Crippen LogP contribution in [0.4, 0.5) is 0 Å². The van der Waals surface area contributed by atoms with E-state index in [4.69, 9.17) is 4.74 Å². The van der Waals surface area contributed by atoms with Crippen molar-refractivity contribution >= 4 is 27.3 Å². The van der Waals surface area contributed by atoms with Crippen molar-refractivity contribution in [3.05, 3.63) is 62.9 Å². The molecule has 0 unspecified atom stereocenters. The molecule has 2 heterocycles. The second kappa shape index (κ2) is 8.19. The van der Waals surface area contributed by atoms with E-state index in [2.05, 4.69) is 19.2 Å². The van der Waals surface area contributed by atoms with E-state index < -0.39 is 0 Å². The highest BCUT2D eigenvalue weighted by Crippen LogP contribution is 2.29. The maximum atomic E-state index is 13.1. The molecule has 1 amide bonds. The first-order valence-electron chi connectivity index (χ1n) is 9.39. The smallest absolute Gasteiger partial charge is 0.260 e. The first-order valence-corrected chi connectivity index (χ1v) is 10.2. The zero-order valence-corrected chi connectivity index (χ0v) is 17.7. The fourth-order valence-corrected chi connectivity index (χ4v) is 4.37. The van der Waals surface area contributed by atoms with Gasteiger partial charge in [0.25, 0.3) is 11.5 Å². The van der Waals surface area contributed by atoms with Gasteiger partial charge in [-0.1, -0.05) is 26.0 Å². The summed E-state index contributed by atoms with van der Waals surface area (Å²) in [6.07, 6.45) is 1.82. The Morgan fingerprint density at radius 2 is 1.86 bits per heavy atom. The van der Waals surface area contributed by atoms with Gasteiger partial charge in [-0.25, -0.2) is 0 Å². The van der Waals surface area contributed by atoms with Gasteiger partial charge >= 0.3 is 0 Å². The zero-order valence-electron chi connectivity index (χ0n) is 16.9. The van der Waals surface area contributed by atoms with Crippen LogP contribution in [-0.4, -0.2) is 17.6 Å². The minimum atomic E-state index is -0.216. The van der Waals surface area contributed by atoms with E-state index in [-0.39, 0.29) is 17.5 Å². The topological polar surface area (TPSA) is 60.3 Å². The molecule has 0 fully saturated rings. The lowest BCUT2D eigenvalue weighted by Crippen LogP contribution is -2.29. The lowest BCUT2D eigenvalue weighted by atomic mass is 10.1. The third-order valence-electron chi connectivity index (χ3n) is 4.74. The molecule has 1 atom stereocenters. The summed E-state index contributed by atoms with van der Waals surface area (Å²) in [4.78, 5) is 26.9. The van der Waals surface area contributed by atoms with Crippen LogP contribution in [0.15, 0.2) is 41.3 Å². The van der Waals surface area contributed by atoms with Gasteiger partial charge in [0.1, 0.15) is 5.75 Å². The molecule has 1 aromatic carbocycles. The number of pyridine rings is 1. The molecule has 0 aliphatic rings. The Morgan fingerprint density at radius 1 is 1.18 bits per heavy atom. The SMILES string of the molecule is COc1ccc([C@@H](C)NC(=O)c2c(C)sc3ccn(CC(C)C)c(=O)c23)cc1. The number of methoxy groups -OCH3 is 1. The number of aryl methyl sites for hydroxylation is 1. The lowest BCUT2D eigenvalue weighted by molar-refractivity contribution is 0.0941. The number of rotatable bonds is 6. The number of fused-ring (bicyclic) bond motifs is 1. The predicted molar refractivity (Wildman–Crippen MR) is 115 cm³/mol. The molecule has 0 saturated heterocycles. The van der Waals surface area contributed by atoms with Crippen molar-refractivity contribution in [2.45, 2.75) is 40.3 Å². The normalized spacial score (nSPS) is 12.4. The molecule has 2 aromatic heterocycles. The number of thiophene rings is 1. The summed E-state index contributed by atoms with van der Waals surface area (Å²) in [5, 5.41) is 3.55. The summed E-state index contributed by atoms with van der Waals surface area (Å²) in [6, 6.07) is 9.34. The summed E-state index contributed by atoms with van der Waals surface area (Å²) in [7, 11) is 1.62. The second-order valence-corrected chi connectivity index (χ2v) is 8.66. The van der Waals surface area contributed by atoms with E-state index in [1.165, 1.54) is 11.3 Å². The van der Waals surface area contributed by atoms with Crippen LogP contribution in [0.1, 0.15) is 47.6 Å². The van der Waals surface area contributed by atoms with E-state index >= 15 is 0 Å². The van der Waals surface area contributed by atoms with E-state index in [0.29, 0.717) is 23.4 Å². The van der Waals surface area contributed by atoms with Crippen LogP contribution >= 0.6 is 11.3 Å². The van der Waals surface area contributed by atoms with Gasteiger partial charge in [0.2, 0.25) is 0 Å². The Balaban J connectivity index is 1.94. The minimum Gasteiger partial charge on any atom is -0.497 e. The fraction of sp³-hybridized carbons (Fsp3) is 0.364. The number of amides is 1. The lowest BCUT2D eigenvalue weighted by Gasteiger charge is -2.15. The number of nitrogens with one attached hydrogen (secondary N) is 1. The summed E-state index contributed by atoms with van der Waals surface area (Å²) in [5.41, 5.74) is 1.37. The monoisotopic (exact) mass is 398 g/mol. The third-order valence-corrected chi connectivity index (χ3v) is 5.81. The number of aromatic nitrogens is 1. The highest BCUT2D eigenvalue weighted by molar-refractivity contribution is 7.19. The highest BCUT2D eigenvalue weighted by Gasteiger charge is 2.22. The Hall–Kier alpha value is -2.60. The Labute approximate surface area is 169 Å². The molecule has 3 aromatic rings. The first-order chi connectivity index (χ1) is 13.3. The van der Waals surface area contributed by atoms with Gasteiger partial charge in [-0.05, 0) is 43.5 Å². The number of hydrogen-bond donors (Lipinski definition) is 1. The minimum absolute atomic E-state index is 0.0993. The third kappa shape index (κ3) is 3.97. The van der Waals surface area contributed by atoms with Crippen LogP contribution in [-0.2, 0) is 6.54 Å². The van der Waals surface area contributed by atoms with Gasteiger partial charge in [-0.3, -0.25) is 9.59 Å². The number of hydrogen-bond acceptors (Lipinski definition) is 4. The summed E-state index contributed by atoms with van der Waals surface area (Å²) in [5.74, 6) is 0.904. The van der Waals surface area contributed by atoms with Crippen LogP contribution < -0.4 is 15.6 Å². The fourth-order valence-electron chi connectivity index (χ4n) is 3.32. The Bertz CT molecular complexity index is 1050. The molecule has 6 heteroatoms. The van der Waals surface area contributed by atoms with Crippen molar-refractivity contribution < 1.29 is 9.53 Å². The Morgan fingerprint density at radius 3 is 2.46 bits per heavy atom. The summed E-state index contributed by atoms with van der Waals surface area (Å²) in [6.45, 7) is 8.59. The molecular weight excluding hydrogens is 372 g/mol. The van der Waals surface area contributed by atoms with Crippen molar-refractivity contribution in [2.24, 2.45) is 5.92 Å². The predicted octanol–water partition coefficient (Wildman–Crippen LogP) is 4.53. The van der Waals surface area contributed by atoms with Gasteiger partial charge in [-0.2, -0.15) is 0 Å². The molecule has 0 saturated carbocycles. The van der Waals surface area contributed by atoms with E-state index in [1.807, 2.05) is 50.4 Å². The molecule has 0 aliphatic heterocycles. The molecular formula is C22H26N2O3S. The standard InChI is InChI=1S/C22H26N2O3S/c1-13(2)12-24-11-10-18-20(22(24)26)19(15(4)28-18)21(25)23-14(3)16-6-8-17(27-5)9-7-16/h6-11,13-14H,12H2,1-5H3,(H,23,25)/t14-/m1/s1. The highest BCUT2D eigenvalue weighted by atomic mass is 32.1. The zero-order chi connectivity index (χ0) is 20.4. The van der Waals surface area contributed by atoms with E-state index in [1.54, 1.807) is 11.7 Å². The summed E-state index contributed by atoms with van der Waals surface area (Å²) < 4.78 is 7.73. The number of benzene rings is 1. The molecule has 0 aliphatic carbocycles. The number of ether oxygens (including phenoxy) is 1. The molecule has 148 valence electrons. The maximum absolute atomic E-state index is 13.1. The van der Waals surface area contributed by atoms with Gasteiger partial charge < -0.3 is 14.6 Å². The Kier molecular flexibility index (Phi) is 5.89. The van der Waals surface area contributed by atoms with Crippen LogP contribution in [0, 0.1) is 12.8 Å². The van der Waals surface area contributed by atoms with Crippen molar-refractivity contribution in [2.75, 3.05) is 7.11 Å². The van der Waals surface area contributed by atoms with Crippen LogP contribution in [0.3, 0.4) is 0 Å². The quantitative estimate of drug-likeness (QED) is 0.664. The van der Waals surface area contributed by atoms with E-state index in [9.17, 15) is 9.59 Å². The van der Waals surface area contributed by atoms with Crippen LogP contribution in [0.5, 0.6) is 5.75 Å². The van der Waals surface area contributed by atoms with Crippen molar-refractivity contribution in [3.8, 4) is 5.75 Å². The van der Waals surface area contributed by atoms with Crippen molar-refractivity contribution in [1.29, 1.82) is 0 Å². The molecule has 0 spiro atoms. The molecule has 5 nitrogen and oxygen atoms in total. The molecule has 1 N–H and O–H groups in total.